The summed E-state index contributed by atoms with van der Waals surface area (Å²) < 4.78 is 5.44. The molecule has 2 aromatic rings. The van der Waals surface area contributed by atoms with E-state index in [1.54, 1.807) is 13.3 Å². The highest BCUT2D eigenvalue weighted by atomic mass is 35.5. The molecule has 21 heavy (non-hydrogen) atoms. The highest BCUT2D eigenvalue weighted by Gasteiger charge is 2.17. The van der Waals surface area contributed by atoms with Crippen LogP contribution in [0.15, 0.2) is 42.6 Å². The first kappa shape index (κ1) is 15.8. The third-order valence-electron chi connectivity index (χ3n) is 3.34. The number of nitrogens with zero attached hydrogens (tertiary/aromatic N) is 1. The van der Waals surface area contributed by atoms with Crippen molar-refractivity contribution in [3.8, 4) is 5.75 Å². The van der Waals surface area contributed by atoms with Gasteiger partial charge in [0.1, 0.15) is 5.75 Å². The molecule has 0 aliphatic heterocycles. The van der Waals surface area contributed by atoms with Crippen LogP contribution in [0.4, 0.5) is 0 Å². The van der Waals surface area contributed by atoms with Crippen LogP contribution < -0.4 is 10.1 Å². The average Bonchev–Trinajstić information content (AvgIpc) is 2.53. The molecule has 0 amide bonds. The molecule has 1 atom stereocenters. The highest BCUT2D eigenvalue weighted by molar-refractivity contribution is 6.30. The van der Waals surface area contributed by atoms with Crippen LogP contribution in [0.5, 0.6) is 5.75 Å². The Kier molecular flexibility index (Phi) is 6.03. The van der Waals surface area contributed by atoms with Gasteiger partial charge in [0.15, 0.2) is 0 Å². The van der Waals surface area contributed by atoms with Gasteiger partial charge >= 0.3 is 0 Å². The SMILES string of the molecule is CCCNC(Cc1ccc(Cl)cc1)c1ncccc1OC. The summed E-state index contributed by atoms with van der Waals surface area (Å²) in [6.07, 6.45) is 3.73. The third kappa shape index (κ3) is 4.45. The van der Waals surface area contributed by atoms with Crippen LogP contribution in [-0.2, 0) is 6.42 Å². The molecular weight excluding hydrogens is 284 g/mol. The Bertz CT molecular complexity index is 557. The second-order valence-corrected chi connectivity index (χ2v) is 5.36. The van der Waals surface area contributed by atoms with Crippen molar-refractivity contribution in [2.45, 2.75) is 25.8 Å². The molecule has 0 aliphatic rings. The number of methoxy groups -OCH3 is 1. The topological polar surface area (TPSA) is 34.2 Å². The minimum absolute atomic E-state index is 0.127. The Morgan fingerprint density at radius 2 is 2.00 bits per heavy atom. The van der Waals surface area contributed by atoms with E-state index in [9.17, 15) is 0 Å². The third-order valence-corrected chi connectivity index (χ3v) is 3.60. The predicted molar refractivity (Wildman–Crippen MR) is 87.0 cm³/mol. The summed E-state index contributed by atoms with van der Waals surface area (Å²) in [5.74, 6) is 0.820. The average molecular weight is 305 g/mol. The highest BCUT2D eigenvalue weighted by Crippen LogP contribution is 2.25. The number of aromatic nitrogens is 1. The molecule has 0 aliphatic carbocycles. The van der Waals surface area contributed by atoms with Crippen LogP contribution in [-0.4, -0.2) is 18.6 Å². The van der Waals surface area contributed by atoms with Gasteiger partial charge < -0.3 is 10.1 Å². The fraction of sp³-hybridized carbons (Fsp3) is 0.353. The second kappa shape index (κ2) is 8.01. The van der Waals surface area contributed by atoms with Crippen molar-refractivity contribution in [1.82, 2.24) is 10.3 Å². The van der Waals surface area contributed by atoms with Crippen molar-refractivity contribution in [3.05, 3.63) is 58.9 Å². The van der Waals surface area contributed by atoms with E-state index in [0.29, 0.717) is 0 Å². The lowest BCUT2D eigenvalue weighted by molar-refractivity contribution is 0.393. The first-order valence-electron chi connectivity index (χ1n) is 7.21. The molecule has 0 saturated carbocycles. The van der Waals surface area contributed by atoms with Crippen LogP contribution >= 0.6 is 11.6 Å². The quantitative estimate of drug-likeness (QED) is 0.838. The van der Waals surface area contributed by atoms with Gasteiger partial charge in [-0.2, -0.15) is 0 Å². The van der Waals surface area contributed by atoms with Crippen molar-refractivity contribution in [1.29, 1.82) is 0 Å². The number of hydrogen-bond acceptors (Lipinski definition) is 3. The lowest BCUT2D eigenvalue weighted by Crippen LogP contribution is -2.25. The van der Waals surface area contributed by atoms with E-state index in [4.69, 9.17) is 16.3 Å². The van der Waals surface area contributed by atoms with Gasteiger partial charge in [0.25, 0.3) is 0 Å². The summed E-state index contributed by atoms with van der Waals surface area (Å²) >= 11 is 5.95. The van der Waals surface area contributed by atoms with Gasteiger partial charge in [0.2, 0.25) is 0 Å². The molecule has 1 aromatic carbocycles. The summed E-state index contributed by atoms with van der Waals surface area (Å²) in [5.41, 5.74) is 2.17. The molecule has 1 heterocycles. The number of hydrogen-bond donors (Lipinski definition) is 1. The van der Waals surface area contributed by atoms with E-state index in [0.717, 1.165) is 35.9 Å². The Hall–Kier alpha value is -1.58. The molecule has 112 valence electrons. The zero-order valence-corrected chi connectivity index (χ0v) is 13.2. The smallest absolute Gasteiger partial charge is 0.141 e. The Morgan fingerprint density at radius 1 is 1.24 bits per heavy atom. The van der Waals surface area contributed by atoms with Gasteiger partial charge in [0, 0.05) is 11.2 Å². The van der Waals surface area contributed by atoms with Crippen molar-refractivity contribution in [2.75, 3.05) is 13.7 Å². The Labute approximate surface area is 131 Å². The molecule has 0 bridgehead atoms. The zero-order chi connectivity index (χ0) is 15.1. The molecule has 0 radical (unpaired) electrons. The molecule has 0 fully saturated rings. The number of pyridine rings is 1. The van der Waals surface area contributed by atoms with Gasteiger partial charge in [-0.1, -0.05) is 30.7 Å². The fourth-order valence-electron chi connectivity index (χ4n) is 2.28. The van der Waals surface area contributed by atoms with Gasteiger partial charge in [-0.05, 0) is 49.2 Å². The first-order chi connectivity index (χ1) is 10.2. The van der Waals surface area contributed by atoms with Crippen LogP contribution in [0.3, 0.4) is 0 Å². The van der Waals surface area contributed by atoms with Crippen molar-refractivity contribution in [2.24, 2.45) is 0 Å². The Morgan fingerprint density at radius 3 is 2.67 bits per heavy atom. The molecule has 3 nitrogen and oxygen atoms in total. The number of benzene rings is 1. The van der Waals surface area contributed by atoms with Gasteiger partial charge in [-0.3, -0.25) is 4.98 Å². The predicted octanol–water partition coefficient (Wildman–Crippen LogP) is 4.03. The second-order valence-electron chi connectivity index (χ2n) is 4.93. The maximum atomic E-state index is 5.95. The molecule has 1 N–H and O–H groups in total. The maximum absolute atomic E-state index is 5.95. The molecule has 0 saturated heterocycles. The van der Waals surface area contributed by atoms with Crippen LogP contribution in [0.1, 0.15) is 30.6 Å². The van der Waals surface area contributed by atoms with E-state index in [1.165, 1.54) is 5.56 Å². The van der Waals surface area contributed by atoms with E-state index in [2.05, 4.69) is 29.4 Å². The van der Waals surface area contributed by atoms with Crippen LogP contribution in [0, 0.1) is 0 Å². The summed E-state index contributed by atoms with van der Waals surface area (Å²) in [6.45, 7) is 3.10. The number of ether oxygens (including phenoxy) is 1. The summed E-state index contributed by atoms with van der Waals surface area (Å²) in [5, 5.41) is 4.30. The molecule has 1 unspecified atom stereocenters. The fourth-order valence-corrected chi connectivity index (χ4v) is 2.40. The van der Waals surface area contributed by atoms with Crippen molar-refractivity contribution in [3.63, 3.8) is 0 Å². The minimum atomic E-state index is 0.127. The molecule has 2 rings (SSSR count). The Balaban J connectivity index is 2.23. The monoisotopic (exact) mass is 304 g/mol. The van der Waals surface area contributed by atoms with E-state index >= 15 is 0 Å². The van der Waals surface area contributed by atoms with E-state index in [-0.39, 0.29) is 6.04 Å². The largest absolute Gasteiger partial charge is 0.495 e. The number of nitrogens with one attached hydrogen (secondary N) is 1. The van der Waals surface area contributed by atoms with E-state index in [1.807, 2.05) is 24.3 Å². The van der Waals surface area contributed by atoms with Gasteiger partial charge in [-0.15, -0.1) is 0 Å². The molecule has 0 spiro atoms. The summed E-state index contributed by atoms with van der Waals surface area (Å²) in [7, 11) is 1.68. The molecular formula is C17H21ClN2O. The van der Waals surface area contributed by atoms with Crippen LogP contribution in [0.2, 0.25) is 5.02 Å². The molecule has 4 heteroatoms. The van der Waals surface area contributed by atoms with Crippen molar-refractivity contribution >= 4 is 11.6 Å². The van der Waals surface area contributed by atoms with Gasteiger partial charge in [0.05, 0.1) is 18.8 Å². The maximum Gasteiger partial charge on any atom is 0.141 e. The summed E-state index contributed by atoms with van der Waals surface area (Å²) in [6, 6.07) is 11.9. The number of rotatable bonds is 7. The normalized spacial score (nSPS) is 12.1. The minimum Gasteiger partial charge on any atom is -0.495 e. The van der Waals surface area contributed by atoms with Crippen molar-refractivity contribution < 1.29 is 4.74 Å². The first-order valence-corrected chi connectivity index (χ1v) is 7.59. The lowest BCUT2D eigenvalue weighted by atomic mass is 10.0. The van der Waals surface area contributed by atoms with Crippen LogP contribution in [0.25, 0.3) is 0 Å². The number of halogens is 1. The zero-order valence-electron chi connectivity index (χ0n) is 12.5. The standard InChI is InChI=1S/C17H21ClN2O/c1-3-10-19-15(12-13-6-8-14(18)9-7-13)17-16(21-2)5-4-11-20-17/h4-9,11,15,19H,3,10,12H2,1-2H3. The van der Waals surface area contributed by atoms with Gasteiger partial charge in [-0.25, -0.2) is 0 Å². The van der Waals surface area contributed by atoms with E-state index < -0.39 is 0 Å². The lowest BCUT2D eigenvalue weighted by Gasteiger charge is -2.20. The molecule has 1 aromatic heterocycles. The summed E-state index contributed by atoms with van der Waals surface area (Å²) in [4.78, 5) is 4.50.